The van der Waals surface area contributed by atoms with E-state index in [1.54, 1.807) is 0 Å². The van der Waals surface area contributed by atoms with Gasteiger partial charge >= 0.3 is 0 Å². The number of hydrogen-bond acceptors (Lipinski definition) is 2. The molecule has 1 saturated carbocycles. The Balaban J connectivity index is 2.23. The van der Waals surface area contributed by atoms with Crippen molar-refractivity contribution in [3.63, 3.8) is 0 Å². The van der Waals surface area contributed by atoms with Crippen LogP contribution in [0.4, 0.5) is 0 Å². The Morgan fingerprint density at radius 3 is 2.30 bits per heavy atom. The number of hydrogen-bond donors (Lipinski definition) is 1. The highest BCUT2D eigenvalue weighted by Gasteiger charge is 2.18. The summed E-state index contributed by atoms with van der Waals surface area (Å²) < 4.78 is 0. The van der Waals surface area contributed by atoms with Crippen molar-refractivity contribution >= 4 is 6.29 Å². The van der Waals surface area contributed by atoms with Crippen molar-refractivity contribution in [2.45, 2.75) is 25.7 Å². The van der Waals surface area contributed by atoms with Gasteiger partial charge in [0.25, 0.3) is 0 Å². The van der Waals surface area contributed by atoms with E-state index in [1.165, 1.54) is 0 Å². The average molecular weight is 141 g/mol. The van der Waals surface area contributed by atoms with Crippen LogP contribution in [-0.4, -0.2) is 12.8 Å². The highest BCUT2D eigenvalue weighted by Crippen LogP contribution is 2.26. The van der Waals surface area contributed by atoms with Crippen molar-refractivity contribution in [2.75, 3.05) is 6.54 Å². The zero-order valence-corrected chi connectivity index (χ0v) is 6.25. The fraction of sp³-hybridized carbons (Fsp3) is 0.875. The molecule has 0 amide bonds. The highest BCUT2D eigenvalue weighted by molar-refractivity contribution is 5.53. The monoisotopic (exact) mass is 141 g/mol. The lowest BCUT2D eigenvalue weighted by atomic mass is 9.83. The minimum Gasteiger partial charge on any atom is -0.330 e. The van der Waals surface area contributed by atoms with Crippen LogP contribution >= 0.6 is 0 Å². The molecular weight excluding hydrogens is 126 g/mol. The number of carbonyl (C=O) groups is 1. The largest absolute Gasteiger partial charge is 0.330 e. The topological polar surface area (TPSA) is 43.1 Å². The SMILES string of the molecule is NCC1CCC(C=O)CC1. The molecule has 0 aromatic carbocycles. The van der Waals surface area contributed by atoms with Gasteiger partial charge in [-0.25, -0.2) is 0 Å². The van der Waals surface area contributed by atoms with Gasteiger partial charge in [-0.3, -0.25) is 0 Å². The van der Waals surface area contributed by atoms with Crippen molar-refractivity contribution in [3.05, 3.63) is 0 Å². The molecule has 1 rings (SSSR count). The van der Waals surface area contributed by atoms with E-state index in [9.17, 15) is 4.79 Å². The molecule has 2 nitrogen and oxygen atoms in total. The first-order valence-corrected chi connectivity index (χ1v) is 4.02. The second-order valence-corrected chi connectivity index (χ2v) is 3.15. The van der Waals surface area contributed by atoms with E-state index in [1.807, 2.05) is 0 Å². The molecule has 0 bridgehead atoms. The summed E-state index contributed by atoms with van der Waals surface area (Å²) in [7, 11) is 0. The smallest absolute Gasteiger partial charge is 0.123 e. The average Bonchev–Trinajstić information content (AvgIpc) is 2.05. The molecular formula is C8H15NO. The minimum atomic E-state index is 0.336. The lowest BCUT2D eigenvalue weighted by Gasteiger charge is -2.23. The molecule has 0 spiro atoms. The Kier molecular flexibility index (Phi) is 2.87. The van der Waals surface area contributed by atoms with Gasteiger partial charge in [-0.2, -0.15) is 0 Å². The van der Waals surface area contributed by atoms with Crippen LogP contribution in [0.15, 0.2) is 0 Å². The Morgan fingerprint density at radius 2 is 1.90 bits per heavy atom. The molecule has 0 aromatic rings. The van der Waals surface area contributed by atoms with Crippen molar-refractivity contribution < 1.29 is 4.79 Å². The van der Waals surface area contributed by atoms with Gasteiger partial charge in [0.15, 0.2) is 0 Å². The molecule has 0 atom stereocenters. The van der Waals surface area contributed by atoms with Crippen LogP contribution in [0.3, 0.4) is 0 Å². The van der Waals surface area contributed by atoms with Gasteiger partial charge in [0.1, 0.15) is 6.29 Å². The summed E-state index contributed by atoms with van der Waals surface area (Å²) in [5.41, 5.74) is 5.50. The molecule has 1 aliphatic rings. The first kappa shape index (κ1) is 7.73. The summed E-state index contributed by atoms with van der Waals surface area (Å²) in [6.07, 6.45) is 5.52. The molecule has 2 heteroatoms. The molecule has 0 radical (unpaired) electrons. The number of aldehydes is 1. The van der Waals surface area contributed by atoms with E-state index < -0.39 is 0 Å². The maximum Gasteiger partial charge on any atom is 0.123 e. The molecule has 0 unspecified atom stereocenters. The molecule has 2 N–H and O–H groups in total. The fourth-order valence-corrected chi connectivity index (χ4v) is 1.56. The molecule has 0 saturated heterocycles. The van der Waals surface area contributed by atoms with Gasteiger partial charge in [-0.05, 0) is 38.1 Å². The van der Waals surface area contributed by atoms with Crippen LogP contribution in [0.1, 0.15) is 25.7 Å². The number of rotatable bonds is 2. The summed E-state index contributed by atoms with van der Waals surface area (Å²) >= 11 is 0. The normalized spacial score (nSPS) is 33.7. The zero-order valence-electron chi connectivity index (χ0n) is 6.25. The highest BCUT2D eigenvalue weighted by atomic mass is 16.1. The molecule has 1 aliphatic carbocycles. The van der Waals surface area contributed by atoms with Gasteiger partial charge in [-0.15, -0.1) is 0 Å². The lowest BCUT2D eigenvalue weighted by molar-refractivity contribution is -0.112. The fourth-order valence-electron chi connectivity index (χ4n) is 1.56. The molecule has 58 valence electrons. The molecule has 0 aliphatic heterocycles. The Labute approximate surface area is 61.8 Å². The van der Waals surface area contributed by atoms with Crippen molar-refractivity contribution in [2.24, 2.45) is 17.6 Å². The van der Waals surface area contributed by atoms with Gasteiger partial charge in [-0.1, -0.05) is 0 Å². The molecule has 0 aromatic heterocycles. The summed E-state index contributed by atoms with van der Waals surface area (Å²) in [6, 6.07) is 0. The molecule has 0 heterocycles. The van der Waals surface area contributed by atoms with Crippen LogP contribution in [-0.2, 0) is 4.79 Å². The summed E-state index contributed by atoms with van der Waals surface area (Å²) in [4.78, 5) is 10.3. The third-order valence-corrected chi connectivity index (χ3v) is 2.42. The van der Waals surface area contributed by atoms with Gasteiger partial charge < -0.3 is 10.5 Å². The van der Waals surface area contributed by atoms with Crippen molar-refractivity contribution in [1.29, 1.82) is 0 Å². The third-order valence-electron chi connectivity index (χ3n) is 2.42. The lowest BCUT2D eigenvalue weighted by Crippen LogP contribution is -2.21. The van der Waals surface area contributed by atoms with Crippen LogP contribution < -0.4 is 5.73 Å². The van der Waals surface area contributed by atoms with Crippen LogP contribution in [0.2, 0.25) is 0 Å². The van der Waals surface area contributed by atoms with Crippen LogP contribution in [0.25, 0.3) is 0 Å². The van der Waals surface area contributed by atoms with E-state index in [0.717, 1.165) is 38.5 Å². The summed E-state index contributed by atoms with van der Waals surface area (Å²) in [5, 5.41) is 0. The van der Waals surface area contributed by atoms with Gasteiger partial charge in [0, 0.05) is 5.92 Å². The van der Waals surface area contributed by atoms with Gasteiger partial charge in [0.05, 0.1) is 0 Å². The quantitative estimate of drug-likeness (QED) is 0.582. The number of carbonyl (C=O) groups excluding carboxylic acids is 1. The third kappa shape index (κ3) is 1.81. The predicted octanol–water partition coefficient (Wildman–Crippen LogP) is 0.950. The Bertz CT molecular complexity index is 106. The van der Waals surface area contributed by atoms with Crippen molar-refractivity contribution in [3.8, 4) is 0 Å². The van der Waals surface area contributed by atoms with Gasteiger partial charge in [0.2, 0.25) is 0 Å². The maximum absolute atomic E-state index is 10.3. The standard InChI is InChI=1S/C8H15NO/c9-5-7-1-3-8(6-10)4-2-7/h6-8H,1-5,9H2. The predicted molar refractivity (Wildman–Crippen MR) is 40.6 cm³/mol. The Hall–Kier alpha value is -0.370. The van der Waals surface area contributed by atoms with E-state index in [0.29, 0.717) is 11.8 Å². The zero-order chi connectivity index (χ0) is 7.40. The van der Waals surface area contributed by atoms with E-state index >= 15 is 0 Å². The molecule has 10 heavy (non-hydrogen) atoms. The maximum atomic E-state index is 10.3. The second-order valence-electron chi connectivity index (χ2n) is 3.15. The molecule has 1 fully saturated rings. The van der Waals surface area contributed by atoms with E-state index in [4.69, 9.17) is 5.73 Å². The minimum absolute atomic E-state index is 0.336. The first-order valence-electron chi connectivity index (χ1n) is 4.02. The van der Waals surface area contributed by atoms with Crippen LogP contribution in [0.5, 0.6) is 0 Å². The number of nitrogens with two attached hydrogens (primary N) is 1. The van der Waals surface area contributed by atoms with Crippen molar-refractivity contribution in [1.82, 2.24) is 0 Å². The Morgan fingerprint density at radius 1 is 1.30 bits per heavy atom. The van der Waals surface area contributed by atoms with E-state index in [-0.39, 0.29) is 0 Å². The summed E-state index contributed by atoms with van der Waals surface area (Å²) in [5.74, 6) is 1.03. The van der Waals surface area contributed by atoms with E-state index in [2.05, 4.69) is 0 Å². The summed E-state index contributed by atoms with van der Waals surface area (Å²) in [6.45, 7) is 0.797. The van der Waals surface area contributed by atoms with Crippen LogP contribution in [0, 0.1) is 11.8 Å². The first-order chi connectivity index (χ1) is 4.86. The second kappa shape index (κ2) is 3.71.